The van der Waals surface area contributed by atoms with Crippen molar-refractivity contribution >= 4 is 28.1 Å². The summed E-state index contributed by atoms with van der Waals surface area (Å²) in [4.78, 5) is 10.6. The highest BCUT2D eigenvalue weighted by Crippen LogP contribution is 2.39. The zero-order chi connectivity index (χ0) is 12.9. The summed E-state index contributed by atoms with van der Waals surface area (Å²) in [5.41, 5.74) is 9.11. The van der Waals surface area contributed by atoms with Gasteiger partial charge in [0.2, 0.25) is 0 Å². The van der Waals surface area contributed by atoms with E-state index >= 15 is 0 Å². The highest BCUT2D eigenvalue weighted by Gasteiger charge is 2.28. The van der Waals surface area contributed by atoms with Crippen LogP contribution in [0.4, 0.5) is 17.2 Å². The van der Waals surface area contributed by atoms with Crippen molar-refractivity contribution in [2.75, 3.05) is 22.6 Å². The first kappa shape index (κ1) is 11.1. The topological polar surface area (TPSA) is 67.1 Å². The van der Waals surface area contributed by atoms with Gasteiger partial charge >= 0.3 is 0 Å². The largest absolute Gasteiger partial charge is 0.383 e. The first-order chi connectivity index (χ1) is 8.47. The lowest BCUT2D eigenvalue weighted by molar-refractivity contribution is 0.525. The molecule has 2 aromatic rings. The summed E-state index contributed by atoms with van der Waals surface area (Å²) in [5.74, 6) is 0.527. The van der Waals surface area contributed by atoms with E-state index in [2.05, 4.69) is 47.0 Å². The maximum atomic E-state index is 5.88. The number of nitrogens with zero attached hydrogens (tertiary/aromatic N) is 3. The Morgan fingerprint density at radius 3 is 2.78 bits per heavy atom. The summed E-state index contributed by atoms with van der Waals surface area (Å²) in [6.07, 6.45) is 1.51. The second kappa shape index (κ2) is 3.48. The van der Waals surface area contributed by atoms with Gasteiger partial charge in [0, 0.05) is 10.9 Å². The van der Waals surface area contributed by atoms with Crippen LogP contribution in [0.15, 0.2) is 18.5 Å². The van der Waals surface area contributed by atoms with Gasteiger partial charge in [0.1, 0.15) is 12.1 Å². The summed E-state index contributed by atoms with van der Waals surface area (Å²) in [7, 11) is 0. The molecule has 5 nitrogen and oxygen atoms in total. The third-order valence-corrected chi connectivity index (χ3v) is 3.31. The minimum absolute atomic E-state index is 0.0739. The van der Waals surface area contributed by atoms with Gasteiger partial charge in [-0.15, -0.1) is 0 Å². The Bertz CT molecular complexity index is 615. The van der Waals surface area contributed by atoms with Crippen LogP contribution in [0.1, 0.15) is 20.8 Å². The lowest BCUT2D eigenvalue weighted by Crippen LogP contribution is -2.41. The van der Waals surface area contributed by atoms with Crippen molar-refractivity contribution in [1.82, 2.24) is 9.97 Å². The van der Waals surface area contributed by atoms with Gasteiger partial charge in [-0.2, -0.15) is 0 Å². The molecule has 0 amide bonds. The molecule has 0 aliphatic carbocycles. The molecule has 0 fully saturated rings. The lowest BCUT2D eigenvalue weighted by atomic mass is 10.1. The van der Waals surface area contributed by atoms with Crippen molar-refractivity contribution in [3.05, 3.63) is 18.5 Å². The molecule has 3 N–H and O–H groups in total. The van der Waals surface area contributed by atoms with Crippen LogP contribution in [-0.2, 0) is 0 Å². The molecule has 0 saturated carbocycles. The van der Waals surface area contributed by atoms with E-state index in [-0.39, 0.29) is 5.54 Å². The summed E-state index contributed by atoms with van der Waals surface area (Å²) in [6, 6.07) is 4.11. The van der Waals surface area contributed by atoms with Gasteiger partial charge in [-0.25, -0.2) is 9.97 Å². The van der Waals surface area contributed by atoms with Gasteiger partial charge in [-0.1, -0.05) is 0 Å². The van der Waals surface area contributed by atoms with Crippen LogP contribution in [0, 0.1) is 0 Å². The molecular formula is C13H17N5. The number of nitrogens with two attached hydrogens (primary N) is 1. The molecule has 94 valence electrons. The summed E-state index contributed by atoms with van der Waals surface area (Å²) < 4.78 is 0. The van der Waals surface area contributed by atoms with Crippen LogP contribution < -0.4 is 16.0 Å². The molecule has 18 heavy (non-hydrogen) atoms. The summed E-state index contributed by atoms with van der Waals surface area (Å²) >= 11 is 0. The zero-order valence-electron chi connectivity index (χ0n) is 10.9. The zero-order valence-corrected chi connectivity index (χ0v) is 10.9. The minimum Gasteiger partial charge on any atom is -0.383 e. The van der Waals surface area contributed by atoms with E-state index in [1.807, 2.05) is 6.07 Å². The monoisotopic (exact) mass is 243 g/mol. The molecule has 1 aliphatic heterocycles. The Kier molecular flexibility index (Phi) is 2.14. The lowest BCUT2D eigenvalue weighted by Gasteiger charge is -2.33. The number of fused-ring (bicyclic) bond motifs is 2. The highest BCUT2D eigenvalue weighted by molar-refractivity contribution is 5.96. The van der Waals surface area contributed by atoms with Crippen molar-refractivity contribution in [3.8, 4) is 0 Å². The molecule has 0 unspecified atom stereocenters. The first-order valence-electron chi connectivity index (χ1n) is 6.02. The smallest absolute Gasteiger partial charge is 0.134 e. The summed E-state index contributed by atoms with van der Waals surface area (Å²) in [5, 5.41) is 4.29. The van der Waals surface area contributed by atoms with Gasteiger partial charge < -0.3 is 16.0 Å². The average Bonchev–Trinajstić information content (AvgIpc) is 2.69. The Morgan fingerprint density at radius 2 is 2.06 bits per heavy atom. The fourth-order valence-electron chi connectivity index (χ4n) is 2.32. The van der Waals surface area contributed by atoms with E-state index in [0.29, 0.717) is 5.82 Å². The van der Waals surface area contributed by atoms with E-state index in [1.54, 1.807) is 0 Å². The fourth-order valence-corrected chi connectivity index (χ4v) is 2.32. The number of benzene rings is 1. The van der Waals surface area contributed by atoms with Crippen molar-refractivity contribution in [1.29, 1.82) is 0 Å². The van der Waals surface area contributed by atoms with E-state index in [4.69, 9.17) is 5.73 Å². The van der Waals surface area contributed by atoms with Crippen LogP contribution in [0.25, 0.3) is 10.9 Å². The number of nitrogens with one attached hydrogen (secondary N) is 1. The third kappa shape index (κ3) is 1.54. The van der Waals surface area contributed by atoms with E-state index in [1.165, 1.54) is 12.0 Å². The normalized spacial score (nSPS) is 14.7. The molecule has 1 aromatic carbocycles. The number of rotatable bonds is 0. The number of hydrogen-bond donors (Lipinski definition) is 2. The van der Waals surface area contributed by atoms with E-state index < -0.39 is 0 Å². The fraction of sp³-hybridized carbons (Fsp3) is 0.385. The molecule has 0 bridgehead atoms. The average molecular weight is 243 g/mol. The standard InChI is InChI=1S/C13H17N5/c1-13(2,3)18-7-17-10-4-8-9(5-11(10)18)15-6-16-12(8)14/h4-6,17H,7H2,1-3H3,(H2,14,15,16). The van der Waals surface area contributed by atoms with Crippen LogP contribution in [0.2, 0.25) is 0 Å². The van der Waals surface area contributed by atoms with Crippen LogP contribution >= 0.6 is 0 Å². The SMILES string of the molecule is CC(C)(C)N1CNc2cc3c(N)ncnc3cc21. The van der Waals surface area contributed by atoms with Gasteiger partial charge in [0.15, 0.2) is 0 Å². The van der Waals surface area contributed by atoms with Gasteiger partial charge in [0.05, 0.1) is 23.6 Å². The van der Waals surface area contributed by atoms with Crippen LogP contribution in [0.5, 0.6) is 0 Å². The molecule has 1 aromatic heterocycles. The number of hydrogen-bond acceptors (Lipinski definition) is 5. The Morgan fingerprint density at radius 1 is 1.28 bits per heavy atom. The maximum absolute atomic E-state index is 5.88. The third-order valence-electron chi connectivity index (χ3n) is 3.31. The molecule has 5 heteroatoms. The minimum atomic E-state index is 0.0739. The number of nitrogen functional groups attached to an aromatic ring is 1. The van der Waals surface area contributed by atoms with Gasteiger partial charge in [0.25, 0.3) is 0 Å². The van der Waals surface area contributed by atoms with Crippen molar-refractivity contribution in [2.45, 2.75) is 26.3 Å². The number of aromatic nitrogens is 2. The van der Waals surface area contributed by atoms with Crippen molar-refractivity contribution in [2.24, 2.45) is 0 Å². The number of anilines is 3. The van der Waals surface area contributed by atoms with Crippen LogP contribution in [0.3, 0.4) is 0 Å². The first-order valence-corrected chi connectivity index (χ1v) is 6.02. The Labute approximate surface area is 106 Å². The molecule has 2 heterocycles. The van der Waals surface area contributed by atoms with Crippen LogP contribution in [-0.4, -0.2) is 22.2 Å². The van der Waals surface area contributed by atoms with Crippen molar-refractivity contribution in [3.63, 3.8) is 0 Å². The maximum Gasteiger partial charge on any atom is 0.134 e. The quantitative estimate of drug-likeness (QED) is 0.742. The van der Waals surface area contributed by atoms with Gasteiger partial charge in [-0.3, -0.25) is 0 Å². The molecular weight excluding hydrogens is 226 g/mol. The highest BCUT2D eigenvalue weighted by atomic mass is 15.3. The predicted octanol–water partition coefficient (Wildman–Crippen LogP) is 2.20. The second-order valence-electron chi connectivity index (χ2n) is 5.58. The second-order valence-corrected chi connectivity index (χ2v) is 5.58. The van der Waals surface area contributed by atoms with E-state index in [0.717, 1.165) is 23.3 Å². The molecule has 0 radical (unpaired) electrons. The molecule has 0 atom stereocenters. The Balaban J connectivity index is 2.21. The summed E-state index contributed by atoms with van der Waals surface area (Å²) in [6.45, 7) is 7.40. The van der Waals surface area contributed by atoms with Crippen molar-refractivity contribution < 1.29 is 0 Å². The van der Waals surface area contributed by atoms with Gasteiger partial charge in [-0.05, 0) is 32.9 Å². The molecule has 3 rings (SSSR count). The van der Waals surface area contributed by atoms with E-state index in [9.17, 15) is 0 Å². The molecule has 1 aliphatic rings. The molecule has 0 saturated heterocycles. The Hall–Kier alpha value is -2.04. The molecule has 0 spiro atoms. The predicted molar refractivity (Wildman–Crippen MR) is 74.7 cm³/mol.